The molecule has 1 heterocycles. The van der Waals surface area contributed by atoms with Gasteiger partial charge >= 0.3 is 0 Å². The van der Waals surface area contributed by atoms with E-state index >= 15 is 0 Å². The Balaban J connectivity index is 2.58. The van der Waals surface area contributed by atoms with Crippen molar-refractivity contribution in [3.05, 3.63) is 0 Å². The van der Waals surface area contributed by atoms with Crippen molar-refractivity contribution in [2.24, 2.45) is 5.10 Å². The minimum atomic E-state index is 0.270. The summed E-state index contributed by atoms with van der Waals surface area (Å²) < 4.78 is 0. The second kappa shape index (κ2) is 6.67. The van der Waals surface area contributed by atoms with Crippen LogP contribution in [0.3, 0.4) is 0 Å². The first kappa shape index (κ1) is 12.3. The number of hydrogen-bond donors (Lipinski definition) is 1. The maximum absolute atomic E-state index is 8.86. The smallest absolute Gasteiger partial charge is 0.124 e. The highest BCUT2D eigenvalue weighted by atomic mass is 16.3. The van der Waals surface area contributed by atoms with Crippen molar-refractivity contribution in [3.8, 4) is 0 Å². The summed E-state index contributed by atoms with van der Waals surface area (Å²) in [5, 5.41) is 15.3. The van der Waals surface area contributed by atoms with Crippen molar-refractivity contribution in [3.63, 3.8) is 0 Å². The molecule has 1 saturated heterocycles. The predicted octanol–water partition coefficient (Wildman–Crippen LogP) is 1.12. The second-order valence-electron chi connectivity index (χ2n) is 4.24. The van der Waals surface area contributed by atoms with E-state index in [0.29, 0.717) is 0 Å². The molecule has 1 aliphatic rings. The van der Waals surface area contributed by atoms with Gasteiger partial charge < -0.3 is 15.0 Å². The molecule has 4 heteroatoms. The van der Waals surface area contributed by atoms with E-state index in [1.165, 1.54) is 25.1 Å². The quantitative estimate of drug-likeness (QED) is 0.711. The standard InChI is InChI=1S/C11H23N3O/c1-13(2)12-11-7-4-3-5-8-14(11)9-6-10-15/h15H,3-10H2,1-2H3/b12-11+. The molecule has 0 aromatic carbocycles. The Bertz CT molecular complexity index is 204. The molecule has 0 aromatic rings. The third-order valence-corrected chi connectivity index (χ3v) is 2.60. The normalized spacial score (nSPS) is 20.5. The van der Waals surface area contributed by atoms with Crippen LogP contribution in [0.5, 0.6) is 0 Å². The third-order valence-electron chi connectivity index (χ3n) is 2.60. The van der Waals surface area contributed by atoms with E-state index in [4.69, 9.17) is 5.11 Å². The molecule has 0 saturated carbocycles. The lowest BCUT2D eigenvalue weighted by atomic mass is 10.2. The number of amidine groups is 1. The molecule has 0 amide bonds. The van der Waals surface area contributed by atoms with Crippen molar-refractivity contribution in [1.82, 2.24) is 9.91 Å². The van der Waals surface area contributed by atoms with Gasteiger partial charge in [-0.25, -0.2) is 0 Å². The van der Waals surface area contributed by atoms with Gasteiger partial charge in [-0.2, -0.15) is 5.10 Å². The third kappa shape index (κ3) is 4.51. The SMILES string of the molecule is CN(C)/N=C1\CCCCCN1CCCO. The van der Waals surface area contributed by atoms with Crippen LogP contribution < -0.4 is 0 Å². The van der Waals surface area contributed by atoms with Gasteiger partial charge in [0.2, 0.25) is 0 Å². The number of likely N-dealkylation sites (tertiary alicyclic amines) is 1. The molecule has 88 valence electrons. The fourth-order valence-corrected chi connectivity index (χ4v) is 1.90. The highest BCUT2D eigenvalue weighted by Gasteiger charge is 2.14. The predicted molar refractivity (Wildman–Crippen MR) is 62.9 cm³/mol. The number of hydrazone groups is 1. The lowest BCUT2D eigenvalue weighted by Gasteiger charge is -2.24. The maximum atomic E-state index is 8.86. The first-order chi connectivity index (χ1) is 7.24. The number of nitrogens with zero attached hydrogens (tertiary/aromatic N) is 3. The summed E-state index contributed by atoms with van der Waals surface area (Å²) in [6, 6.07) is 0. The summed E-state index contributed by atoms with van der Waals surface area (Å²) in [4.78, 5) is 2.32. The summed E-state index contributed by atoms with van der Waals surface area (Å²) in [5.41, 5.74) is 0. The van der Waals surface area contributed by atoms with E-state index in [2.05, 4.69) is 10.0 Å². The number of rotatable bonds is 4. The average molecular weight is 213 g/mol. The lowest BCUT2D eigenvalue weighted by Crippen LogP contribution is -2.33. The van der Waals surface area contributed by atoms with Crippen LogP contribution in [-0.2, 0) is 0 Å². The molecule has 0 radical (unpaired) electrons. The van der Waals surface area contributed by atoms with Crippen LogP contribution in [0.15, 0.2) is 5.10 Å². The van der Waals surface area contributed by atoms with Crippen LogP contribution >= 0.6 is 0 Å². The van der Waals surface area contributed by atoms with Gasteiger partial charge in [0.25, 0.3) is 0 Å². The fraction of sp³-hybridized carbons (Fsp3) is 0.909. The Morgan fingerprint density at radius 1 is 1.33 bits per heavy atom. The summed E-state index contributed by atoms with van der Waals surface area (Å²) in [6.45, 7) is 2.29. The first-order valence-electron chi connectivity index (χ1n) is 5.84. The van der Waals surface area contributed by atoms with Crippen molar-refractivity contribution in [2.75, 3.05) is 33.8 Å². The molecule has 15 heavy (non-hydrogen) atoms. The van der Waals surface area contributed by atoms with E-state index in [9.17, 15) is 0 Å². The summed E-state index contributed by atoms with van der Waals surface area (Å²) in [6.07, 6.45) is 5.69. The zero-order valence-electron chi connectivity index (χ0n) is 9.95. The Hall–Kier alpha value is -0.770. The Morgan fingerprint density at radius 2 is 2.13 bits per heavy atom. The van der Waals surface area contributed by atoms with Crippen LogP contribution in [0.2, 0.25) is 0 Å². The highest BCUT2D eigenvalue weighted by molar-refractivity contribution is 5.82. The average Bonchev–Trinajstić information content (AvgIpc) is 2.40. The van der Waals surface area contributed by atoms with Gasteiger partial charge in [0.1, 0.15) is 5.84 Å². The van der Waals surface area contributed by atoms with E-state index in [1.54, 1.807) is 0 Å². The van der Waals surface area contributed by atoms with Gasteiger partial charge in [-0.1, -0.05) is 6.42 Å². The first-order valence-corrected chi connectivity index (χ1v) is 5.84. The van der Waals surface area contributed by atoms with Crippen LogP contribution in [0.4, 0.5) is 0 Å². The molecule has 1 rings (SSSR count). The summed E-state index contributed by atoms with van der Waals surface area (Å²) in [7, 11) is 3.92. The van der Waals surface area contributed by atoms with E-state index in [1.807, 2.05) is 19.1 Å². The summed E-state index contributed by atoms with van der Waals surface area (Å²) in [5.74, 6) is 1.19. The Labute approximate surface area is 92.6 Å². The minimum absolute atomic E-state index is 0.270. The molecule has 0 bridgehead atoms. The largest absolute Gasteiger partial charge is 0.396 e. The topological polar surface area (TPSA) is 39.1 Å². The molecule has 1 N–H and O–H groups in total. The highest BCUT2D eigenvalue weighted by Crippen LogP contribution is 2.13. The van der Waals surface area contributed by atoms with Gasteiger partial charge in [-0.05, 0) is 19.3 Å². The van der Waals surface area contributed by atoms with E-state index in [-0.39, 0.29) is 6.61 Å². The van der Waals surface area contributed by atoms with Crippen molar-refractivity contribution < 1.29 is 5.11 Å². The zero-order chi connectivity index (χ0) is 11.1. The van der Waals surface area contributed by atoms with Crippen LogP contribution in [-0.4, -0.2) is 54.6 Å². The maximum Gasteiger partial charge on any atom is 0.124 e. The number of hydrogen-bond acceptors (Lipinski definition) is 3. The van der Waals surface area contributed by atoms with Gasteiger partial charge in [-0.3, -0.25) is 0 Å². The molecule has 0 aliphatic carbocycles. The summed E-state index contributed by atoms with van der Waals surface area (Å²) >= 11 is 0. The van der Waals surface area contributed by atoms with Gasteiger partial charge in [0.15, 0.2) is 0 Å². The second-order valence-corrected chi connectivity index (χ2v) is 4.24. The molecular weight excluding hydrogens is 190 g/mol. The molecule has 1 aliphatic heterocycles. The Kier molecular flexibility index (Phi) is 5.47. The van der Waals surface area contributed by atoms with E-state index in [0.717, 1.165) is 25.9 Å². The zero-order valence-corrected chi connectivity index (χ0v) is 9.95. The molecule has 0 atom stereocenters. The number of aliphatic hydroxyl groups excluding tert-OH is 1. The van der Waals surface area contributed by atoms with Gasteiger partial charge in [-0.15, -0.1) is 0 Å². The van der Waals surface area contributed by atoms with Crippen molar-refractivity contribution in [2.45, 2.75) is 32.1 Å². The fourth-order valence-electron chi connectivity index (χ4n) is 1.90. The minimum Gasteiger partial charge on any atom is -0.396 e. The molecular formula is C11H23N3O. The molecule has 0 aromatic heterocycles. The monoisotopic (exact) mass is 213 g/mol. The molecule has 0 unspecified atom stereocenters. The van der Waals surface area contributed by atoms with Crippen LogP contribution in [0.1, 0.15) is 32.1 Å². The van der Waals surface area contributed by atoms with Crippen LogP contribution in [0, 0.1) is 0 Å². The van der Waals surface area contributed by atoms with Gasteiger partial charge in [0, 0.05) is 40.2 Å². The van der Waals surface area contributed by atoms with Crippen molar-refractivity contribution >= 4 is 5.84 Å². The Morgan fingerprint density at radius 3 is 2.80 bits per heavy atom. The molecule has 1 fully saturated rings. The van der Waals surface area contributed by atoms with Crippen LogP contribution in [0.25, 0.3) is 0 Å². The lowest BCUT2D eigenvalue weighted by molar-refractivity contribution is 0.264. The molecule has 4 nitrogen and oxygen atoms in total. The van der Waals surface area contributed by atoms with E-state index < -0.39 is 0 Å². The van der Waals surface area contributed by atoms with Gasteiger partial charge in [0.05, 0.1) is 0 Å². The number of aliphatic hydroxyl groups is 1. The van der Waals surface area contributed by atoms with Crippen molar-refractivity contribution in [1.29, 1.82) is 0 Å². The molecule has 0 spiro atoms.